The molecule has 28 heavy (non-hydrogen) atoms. The second-order valence-corrected chi connectivity index (χ2v) is 8.81. The molecule has 7 nitrogen and oxygen atoms in total. The lowest BCUT2D eigenvalue weighted by Crippen LogP contribution is -2.36. The maximum atomic E-state index is 12.7. The van der Waals surface area contributed by atoms with Gasteiger partial charge in [-0.3, -0.25) is 13.9 Å². The summed E-state index contributed by atoms with van der Waals surface area (Å²) >= 11 is 6.01. The quantitative estimate of drug-likeness (QED) is 0.764. The Kier molecular flexibility index (Phi) is 5.62. The molecule has 148 valence electrons. The molecule has 9 heteroatoms. The molecule has 2 aromatic rings. The molecule has 0 aromatic heterocycles. The number of hydrogen-bond acceptors (Lipinski definition) is 5. The van der Waals surface area contributed by atoms with Crippen molar-refractivity contribution in [3.05, 3.63) is 53.1 Å². The van der Waals surface area contributed by atoms with Crippen molar-refractivity contribution in [1.82, 2.24) is 0 Å². The zero-order valence-electron chi connectivity index (χ0n) is 15.3. The Bertz CT molecular complexity index is 1040. The van der Waals surface area contributed by atoms with Crippen molar-refractivity contribution < 1.29 is 22.7 Å². The molecule has 1 atom stereocenters. The number of carbonyl (C=O) groups excluding carboxylic acids is 2. The summed E-state index contributed by atoms with van der Waals surface area (Å²) in [5, 5.41) is 3.08. The third-order valence-electron chi connectivity index (χ3n) is 4.28. The number of fused-ring (bicyclic) bond motifs is 1. The summed E-state index contributed by atoms with van der Waals surface area (Å²) in [6, 6.07) is 11.2. The number of anilines is 2. The molecule has 3 rings (SSSR count). The van der Waals surface area contributed by atoms with Gasteiger partial charge in [0, 0.05) is 29.2 Å². The Balaban J connectivity index is 1.86. The molecule has 1 N–H and O–H groups in total. The van der Waals surface area contributed by atoms with E-state index in [2.05, 4.69) is 5.32 Å². The fourth-order valence-electron chi connectivity index (χ4n) is 2.92. The fourth-order valence-corrected chi connectivity index (χ4v) is 4.02. The second kappa shape index (κ2) is 7.81. The van der Waals surface area contributed by atoms with Crippen molar-refractivity contribution >= 4 is 44.7 Å². The molecule has 1 aliphatic rings. The molecule has 0 spiro atoms. The van der Waals surface area contributed by atoms with Gasteiger partial charge in [-0.1, -0.05) is 23.7 Å². The number of Topliss-reactive ketones (excluding diaryl/α,β-unsaturated/α-hetero) is 1. The van der Waals surface area contributed by atoms with Gasteiger partial charge < -0.3 is 10.1 Å². The highest BCUT2D eigenvalue weighted by Crippen LogP contribution is 2.36. The summed E-state index contributed by atoms with van der Waals surface area (Å²) in [4.78, 5) is 24.2. The molecule has 1 aliphatic heterocycles. The smallest absolute Gasteiger partial charge is 0.265 e. The van der Waals surface area contributed by atoms with Gasteiger partial charge in [0.15, 0.2) is 11.9 Å². The summed E-state index contributed by atoms with van der Waals surface area (Å²) < 4.78 is 31.3. The van der Waals surface area contributed by atoms with Crippen molar-refractivity contribution in [1.29, 1.82) is 0 Å². The SMILES string of the molecule is CC(=O)c1cccc(NC(=O)[C@@H]2CCN(S(C)(=O)=O)c3cc(Cl)ccc3O2)c1. The molecule has 0 fully saturated rings. The lowest BCUT2D eigenvalue weighted by atomic mass is 10.1. The first kappa shape index (κ1) is 20.2. The maximum absolute atomic E-state index is 12.7. The van der Waals surface area contributed by atoms with Crippen LogP contribution in [0.1, 0.15) is 23.7 Å². The second-order valence-electron chi connectivity index (χ2n) is 6.47. The number of hydrogen-bond donors (Lipinski definition) is 1. The molecule has 0 radical (unpaired) electrons. The summed E-state index contributed by atoms with van der Waals surface area (Å²) in [7, 11) is -3.58. The van der Waals surface area contributed by atoms with Crippen LogP contribution in [0.3, 0.4) is 0 Å². The predicted octanol–water partition coefficient (Wildman–Crippen LogP) is 3.10. The van der Waals surface area contributed by atoms with E-state index in [4.69, 9.17) is 16.3 Å². The van der Waals surface area contributed by atoms with Gasteiger partial charge in [0.25, 0.3) is 5.91 Å². The number of nitrogens with zero attached hydrogens (tertiary/aromatic N) is 1. The Morgan fingerprint density at radius 2 is 1.96 bits per heavy atom. The zero-order valence-corrected chi connectivity index (χ0v) is 16.9. The Hall–Kier alpha value is -2.58. The monoisotopic (exact) mass is 422 g/mol. The van der Waals surface area contributed by atoms with Crippen LogP contribution in [-0.2, 0) is 14.8 Å². The van der Waals surface area contributed by atoms with E-state index in [1.807, 2.05) is 0 Å². The first-order valence-electron chi connectivity index (χ1n) is 8.51. The minimum absolute atomic E-state index is 0.0672. The van der Waals surface area contributed by atoms with E-state index in [0.717, 1.165) is 6.26 Å². The van der Waals surface area contributed by atoms with Crippen molar-refractivity contribution in [2.45, 2.75) is 19.4 Å². The van der Waals surface area contributed by atoms with E-state index < -0.39 is 22.0 Å². The average Bonchev–Trinajstić information content (AvgIpc) is 2.81. The van der Waals surface area contributed by atoms with Crippen LogP contribution in [0.2, 0.25) is 5.02 Å². The van der Waals surface area contributed by atoms with Crippen LogP contribution in [0.15, 0.2) is 42.5 Å². The minimum atomic E-state index is -3.58. The molecule has 0 bridgehead atoms. The van der Waals surface area contributed by atoms with Crippen LogP contribution in [-0.4, -0.2) is 39.0 Å². The van der Waals surface area contributed by atoms with Crippen LogP contribution in [0.4, 0.5) is 11.4 Å². The lowest BCUT2D eigenvalue weighted by Gasteiger charge is -2.21. The number of amides is 1. The zero-order chi connectivity index (χ0) is 20.5. The molecule has 1 heterocycles. The minimum Gasteiger partial charge on any atom is -0.478 e. The number of benzene rings is 2. The van der Waals surface area contributed by atoms with E-state index in [1.165, 1.54) is 23.4 Å². The molecule has 0 unspecified atom stereocenters. The number of nitrogens with one attached hydrogen (secondary N) is 1. The molecular formula is C19H19ClN2O5S. The molecule has 0 saturated carbocycles. The van der Waals surface area contributed by atoms with Gasteiger partial charge in [0.1, 0.15) is 5.75 Å². The predicted molar refractivity (Wildman–Crippen MR) is 108 cm³/mol. The number of carbonyl (C=O) groups is 2. The van der Waals surface area contributed by atoms with Crippen LogP contribution in [0.5, 0.6) is 5.75 Å². The van der Waals surface area contributed by atoms with Crippen LogP contribution in [0.25, 0.3) is 0 Å². The summed E-state index contributed by atoms with van der Waals surface area (Å²) in [5.41, 5.74) is 1.23. The van der Waals surface area contributed by atoms with Crippen molar-refractivity contribution in [3.63, 3.8) is 0 Å². The third-order valence-corrected chi connectivity index (χ3v) is 5.70. The highest BCUT2D eigenvalue weighted by molar-refractivity contribution is 7.92. The number of rotatable bonds is 4. The van der Waals surface area contributed by atoms with Crippen LogP contribution < -0.4 is 14.4 Å². The molecule has 0 saturated heterocycles. The van der Waals surface area contributed by atoms with Gasteiger partial charge >= 0.3 is 0 Å². The normalized spacial score (nSPS) is 16.5. The maximum Gasteiger partial charge on any atom is 0.265 e. The van der Waals surface area contributed by atoms with Gasteiger partial charge in [-0.2, -0.15) is 0 Å². The van der Waals surface area contributed by atoms with Gasteiger partial charge in [-0.25, -0.2) is 8.42 Å². The van der Waals surface area contributed by atoms with Gasteiger partial charge in [0.2, 0.25) is 10.0 Å². The third kappa shape index (κ3) is 4.45. The highest BCUT2D eigenvalue weighted by atomic mass is 35.5. The van der Waals surface area contributed by atoms with E-state index in [9.17, 15) is 18.0 Å². The molecule has 1 amide bonds. The van der Waals surface area contributed by atoms with Crippen LogP contribution in [0, 0.1) is 0 Å². The topological polar surface area (TPSA) is 92.8 Å². The number of halogens is 1. The Morgan fingerprint density at radius 1 is 1.21 bits per heavy atom. The Morgan fingerprint density at radius 3 is 2.64 bits per heavy atom. The number of sulfonamides is 1. The molecule has 0 aliphatic carbocycles. The average molecular weight is 423 g/mol. The number of ether oxygens (including phenoxy) is 1. The van der Waals surface area contributed by atoms with Crippen molar-refractivity contribution in [2.75, 3.05) is 22.4 Å². The van der Waals surface area contributed by atoms with Crippen LogP contribution >= 0.6 is 11.6 Å². The van der Waals surface area contributed by atoms with Crippen molar-refractivity contribution in [3.8, 4) is 5.75 Å². The standard InChI is InChI=1S/C19H19ClN2O5S/c1-12(23)13-4-3-5-15(10-13)21-19(24)18-8-9-22(28(2,25)26)16-11-14(20)6-7-17(16)27-18/h3-7,10-11,18H,8-9H2,1-2H3,(H,21,24)/t18-/m0/s1. The lowest BCUT2D eigenvalue weighted by molar-refractivity contribution is -0.122. The van der Waals surface area contributed by atoms with Gasteiger partial charge in [0.05, 0.1) is 11.9 Å². The van der Waals surface area contributed by atoms with E-state index in [-0.39, 0.29) is 24.5 Å². The van der Waals surface area contributed by atoms with Crippen molar-refractivity contribution in [2.24, 2.45) is 0 Å². The summed E-state index contributed by atoms with van der Waals surface area (Å²) in [6.45, 7) is 1.51. The first-order chi connectivity index (χ1) is 13.1. The van der Waals surface area contributed by atoms with Gasteiger partial charge in [-0.15, -0.1) is 0 Å². The highest BCUT2D eigenvalue weighted by Gasteiger charge is 2.31. The van der Waals surface area contributed by atoms with E-state index >= 15 is 0 Å². The Labute approximate surface area is 168 Å². The van der Waals surface area contributed by atoms with Gasteiger partial charge in [-0.05, 0) is 37.3 Å². The summed E-state index contributed by atoms with van der Waals surface area (Å²) in [6.07, 6.45) is 0.329. The summed E-state index contributed by atoms with van der Waals surface area (Å²) in [5.74, 6) is -0.293. The largest absolute Gasteiger partial charge is 0.478 e. The fraction of sp³-hybridized carbons (Fsp3) is 0.263. The van der Waals surface area contributed by atoms with E-state index in [1.54, 1.807) is 30.3 Å². The van der Waals surface area contributed by atoms with E-state index in [0.29, 0.717) is 22.0 Å². The molecular weight excluding hydrogens is 404 g/mol. The number of ketones is 1. The molecule has 2 aromatic carbocycles. The first-order valence-corrected chi connectivity index (χ1v) is 10.7.